The summed E-state index contributed by atoms with van der Waals surface area (Å²) < 4.78 is 19.0. The minimum Gasteiger partial charge on any atom is -0.301 e. The lowest BCUT2D eigenvalue weighted by molar-refractivity contribution is 0.270. The first kappa shape index (κ1) is 16.3. The Kier molecular flexibility index (Phi) is 7.62. The summed E-state index contributed by atoms with van der Waals surface area (Å²) in [5.74, 6) is 0.643. The Morgan fingerprint density at radius 1 is 1.11 bits per heavy atom. The van der Waals surface area contributed by atoms with Gasteiger partial charge in [0.2, 0.25) is 0 Å². The van der Waals surface area contributed by atoms with Crippen LogP contribution in [0.2, 0.25) is 0 Å². The predicted octanol–water partition coefficient (Wildman–Crippen LogP) is 4.33. The number of nitrogens with zero attached hydrogens (tertiary/aromatic N) is 1. The highest BCUT2D eigenvalue weighted by Crippen LogP contribution is 2.56. The molecular weight excluding hydrogens is 315 g/mol. The molecule has 1 rings (SSSR count). The molecule has 0 aliphatic heterocycles. The van der Waals surface area contributed by atoms with Gasteiger partial charge < -0.3 is 4.52 Å². The maximum Gasteiger partial charge on any atom is 0.363 e. The molecule has 1 aromatic carbocycles. The minimum absolute atomic E-state index is 0.197. The maximum atomic E-state index is 12.2. The van der Waals surface area contributed by atoms with Gasteiger partial charge in [0.15, 0.2) is 0 Å². The zero-order chi connectivity index (χ0) is 13.4. The molecule has 0 aliphatic carbocycles. The zero-order valence-electron chi connectivity index (χ0n) is 9.77. The Bertz CT molecular complexity index is 385. The van der Waals surface area contributed by atoms with Gasteiger partial charge in [0.05, 0.1) is 6.61 Å². The van der Waals surface area contributed by atoms with E-state index in [1.807, 2.05) is 30.3 Å². The van der Waals surface area contributed by atoms with Crippen LogP contribution in [0.3, 0.4) is 0 Å². The number of halogens is 3. The largest absolute Gasteiger partial charge is 0.363 e. The van der Waals surface area contributed by atoms with E-state index in [0.29, 0.717) is 24.8 Å². The Balaban J connectivity index is 2.59. The maximum absolute atomic E-state index is 12.2. The molecule has 0 aliphatic rings. The molecule has 0 saturated carbocycles. The number of benzene rings is 1. The zero-order valence-corrected chi connectivity index (χ0v) is 12.9. The first-order chi connectivity index (χ1) is 8.60. The number of hydrogen-bond acceptors (Lipinski definition) is 2. The third-order valence-electron chi connectivity index (χ3n) is 2.26. The van der Waals surface area contributed by atoms with Gasteiger partial charge in [0.25, 0.3) is 0 Å². The highest BCUT2D eigenvalue weighted by molar-refractivity contribution is 7.83. The Morgan fingerprint density at radius 2 is 1.67 bits per heavy atom. The highest BCUT2D eigenvalue weighted by Gasteiger charge is 2.28. The van der Waals surface area contributed by atoms with E-state index in [4.69, 9.17) is 39.0 Å². The predicted molar refractivity (Wildman–Crippen MR) is 77.7 cm³/mol. The molecule has 0 fully saturated rings. The standard InChI is InChI=1S/C11H15Cl3NO2P/c12-6-8-15(9-7-13)18(14,16)17-10-11-4-2-1-3-5-11/h1-5H,6-10H2. The Hall–Kier alpha value is 0.240. The van der Waals surface area contributed by atoms with E-state index in [-0.39, 0.29) is 6.61 Å². The lowest BCUT2D eigenvalue weighted by atomic mass is 10.2. The first-order valence-electron chi connectivity index (χ1n) is 5.45. The number of hydrogen-bond donors (Lipinski definition) is 0. The van der Waals surface area contributed by atoms with Gasteiger partial charge in [-0.1, -0.05) is 30.3 Å². The van der Waals surface area contributed by atoms with E-state index in [0.717, 1.165) is 5.56 Å². The van der Waals surface area contributed by atoms with Gasteiger partial charge in [-0.3, -0.25) is 4.57 Å². The fourth-order valence-corrected chi connectivity index (χ4v) is 3.75. The molecule has 1 unspecified atom stereocenters. The second kappa shape index (κ2) is 8.42. The van der Waals surface area contributed by atoms with Crippen molar-refractivity contribution in [3.8, 4) is 0 Å². The highest BCUT2D eigenvalue weighted by atomic mass is 35.7. The van der Waals surface area contributed by atoms with Gasteiger partial charge in [-0.2, -0.15) is 0 Å². The average molecular weight is 331 g/mol. The Labute approximate surface area is 122 Å². The fraction of sp³-hybridized carbons (Fsp3) is 0.455. The molecule has 102 valence electrons. The topological polar surface area (TPSA) is 29.5 Å². The van der Waals surface area contributed by atoms with E-state index < -0.39 is 6.87 Å². The van der Waals surface area contributed by atoms with E-state index in [2.05, 4.69) is 0 Å². The van der Waals surface area contributed by atoms with Crippen LogP contribution in [-0.4, -0.2) is 29.5 Å². The molecule has 1 atom stereocenters. The monoisotopic (exact) mass is 329 g/mol. The summed E-state index contributed by atoms with van der Waals surface area (Å²) in [6.07, 6.45) is 0. The summed E-state index contributed by atoms with van der Waals surface area (Å²) in [4.78, 5) is 0. The van der Waals surface area contributed by atoms with Crippen LogP contribution in [0, 0.1) is 0 Å². The molecule has 0 radical (unpaired) electrons. The van der Waals surface area contributed by atoms with Crippen LogP contribution >= 0.6 is 41.3 Å². The summed E-state index contributed by atoms with van der Waals surface area (Å²) in [7, 11) is 0. The van der Waals surface area contributed by atoms with Crippen LogP contribution in [0.4, 0.5) is 0 Å². The quantitative estimate of drug-likeness (QED) is 0.525. The lowest BCUT2D eigenvalue weighted by Gasteiger charge is -2.24. The molecule has 0 aromatic heterocycles. The van der Waals surface area contributed by atoms with Gasteiger partial charge in [-0.25, -0.2) is 4.67 Å². The van der Waals surface area contributed by atoms with Crippen LogP contribution in [0.1, 0.15) is 5.56 Å². The van der Waals surface area contributed by atoms with Gasteiger partial charge in [-0.05, 0) is 16.8 Å². The second-order valence-corrected chi connectivity index (χ2v) is 7.31. The summed E-state index contributed by atoms with van der Waals surface area (Å²) in [6.45, 7) is -2.41. The third-order valence-corrected chi connectivity index (χ3v) is 5.05. The van der Waals surface area contributed by atoms with Crippen LogP contribution in [0.25, 0.3) is 0 Å². The molecule has 0 N–H and O–H groups in total. The van der Waals surface area contributed by atoms with Gasteiger partial charge in [0.1, 0.15) is 0 Å². The molecule has 3 nitrogen and oxygen atoms in total. The van der Waals surface area contributed by atoms with Crippen LogP contribution in [0.15, 0.2) is 30.3 Å². The Morgan fingerprint density at radius 3 is 2.17 bits per heavy atom. The van der Waals surface area contributed by atoms with E-state index in [1.165, 1.54) is 4.67 Å². The average Bonchev–Trinajstić information content (AvgIpc) is 2.37. The van der Waals surface area contributed by atoms with Crippen molar-refractivity contribution >= 4 is 41.3 Å². The molecule has 0 saturated heterocycles. The van der Waals surface area contributed by atoms with Crippen molar-refractivity contribution in [2.75, 3.05) is 24.8 Å². The molecule has 0 spiro atoms. The van der Waals surface area contributed by atoms with Gasteiger partial charge in [-0.15, -0.1) is 23.2 Å². The van der Waals surface area contributed by atoms with Crippen molar-refractivity contribution in [2.45, 2.75) is 6.61 Å². The summed E-state index contributed by atoms with van der Waals surface area (Å²) in [5, 5.41) is 0. The van der Waals surface area contributed by atoms with E-state index in [1.54, 1.807) is 0 Å². The smallest absolute Gasteiger partial charge is 0.301 e. The SMILES string of the molecule is O=P(Cl)(OCc1ccccc1)N(CCCl)CCCl. The lowest BCUT2D eigenvalue weighted by Crippen LogP contribution is -2.24. The van der Waals surface area contributed by atoms with Crippen molar-refractivity contribution in [3.05, 3.63) is 35.9 Å². The van der Waals surface area contributed by atoms with E-state index in [9.17, 15) is 4.57 Å². The second-order valence-electron chi connectivity index (χ2n) is 3.54. The molecule has 18 heavy (non-hydrogen) atoms. The normalized spacial score (nSPS) is 14.7. The molecule has 0 bridgehead atoms. The van der Waals surface area contributed by atoms with Crippen LogP contribution in [-0.2, 0) is 15.7 Å². The van der Waals surface area contributed by atoms with Crippen molar-refractivity contribution < 1.29 is 9.09 Å². The fourth-order valence-electron chi connectivity index (χ4n) is 1.36. The summed E-state index contributed by atoms with van der Waals surface area (Å²) >= 11 is 17.2. The van der Waals surface area contributed by atoms with Crippen molar-refractivity contribution in [1.82, 2.24) is 4.67 Å². The van der Waals surface area contributed by atoms with Crippen molar-refractivity contribution in [3.63, 3.8) is 0 Å². The summed E-state index contributed by atoms with van der Waals surface area (Å²) in [5.41, 5.74) is 0.912. The van der Waals surface area contributed by atoms with E-state index >= 15 is 0 Å². The molecule has 7 heteroatoms. The molecule has 1 aromatic rings. The number of rotatable bonds is 8. The van der Waals surface area contributed by atoms with Crippen molar-refractivity contribution in [1.29, 1.82) is 0 Å². The number of alkyl halides is 2. The third kappa shape index (κ3) is 5.48. The van der Waals surface area contributed by atoms with Gasteiger partial charge in [0, 0.05) is 24.8 Å². The van der Waals surface area contributed by atoms with Crippen molar-refractivity contribution in [2.24, 2.45) is 0 Å². The van der Waals surface area contributed by atoms with Crippen LogP contribution in [0.5, 0.6) is 0 Å². The molecule has 0 heterocycles. The summed E-state index contributed by atoms with van der Waals surface area (Å²) in [6, 6.07) is 9.42. The van der Waals surface area contributed by atoms with Gasteiger partial charge >= 0.3 is 6.87 Å². The first-order valence-corrected chi connectivity index (χ1v) is 9.01. The molecular formula is C11H15Cl3NO2P. The molecule has 0 amide bonds. The van der Waals surface area contributed by atoms with Crippen LogP contribution < -0.4 is 0 Å². The minimum atomic E-state index is -3.36.